The van der Waals surface area contributed by atoms with E-state index in [9.17, 15) is 0 Å². The van der Waals surface area contributed by atoms with E-state index in [0.717, 1.165) is 33.5 Å². The minimum atomic E-state index is 0.641. The fourth-order valence-corrected chi connectivity index (χ4v) is 2.75. The lowest BCUT2D eigenvalue weighted by atomic mass is 10.2. The van der Waals surface area contributed by atoms with Crippen LogP contribution in [0.3, 0.4) is 0 Å². The molecule has 0 bridgehead atoms. The molecule has 2 aromatic heterocycles. The van der Waals surface area contributed by atoms with Crippen molar-refractivity contribution in [2.45, 2.75) is 13.3 Å². The number of fused-ring (bicyclic) bond motifs is 1. The predicted octanol–water partition coefficient (Wildman–Crippen LogP) is 2.01. The molecular formula is C12H13N5OS. The van der Waals surface area contributed by atoms with Crippen molar-refractivity contribution in [2.75, 3.05) is 12.8 Å². The molecule has 0 aliphatic heterocycles. The van der Waals surface area contributed by atoms with Gasteiger partial charge in [-0.05, 0) is 12.1 Å². The van der Waals surface area contributed by atoms with Gasteiger partial charge in [-0.1, -0.05) is 18.3 Å². The zero-order valence-electron chi connectivity index (χ0n) is 10.6. The Morgan fingerprint density at radius 2 is 2.21 bits per heavy atom. The van der Waals surface area contributed by atoms with E-state index >= 15 is 0 Å². The van der Waals surface area contributed by atoms with Crippen LogP contribution in [0.5, 0.6) is 5.75 Å². The molecule has 0 spiro atoms. The van der Waals surface area contributed by atoms with Crippen molar-refractivity contribution in [2.24, 2.45) is 0 Å². The SMILES string of the molecule is CCc1nnc2sc(-c3ccc(OC)cc3N)nn12. The third-order valence-electron chi connectivity index (χ3n) is 2.86. The second-order valence-corrected chi connectivity index (χ2v) is 4.98. The molecule has 1 aromatic carbocycles. The Labute approximate surface area is 113 Å². The monoisotopic (exact) mass is 275 g/mol. The number of nitrogens with two attached hydrogens (primary N) is 1. The van der Waals surface area contributed by atoms with Crippen LogP contribution in [0.4, 0.5) is 5.69 Å². The first-order chi connectivity index (χ1) is 9.22. The van der Waals surface area contributed by atoms with Crippen LogP contribution in [0.25, 0.3) is 15.5 Å². The molecule has 6 nitrogen and oxygen atoms in total. The topological polar surface area (TPSA) is 78.3 Å². The second kappa shape index (κ2) is 4.51. The summed E-state index contributed by atoms with van der Waals surface area (Å²) >= 11 is 1.47. The molecule has 2 N–H and O–H groups in total. The molecule has 7 heteroatoms. The number of hydrogen-bond donors (Lipinski definition) is 1. The molecule has 98 valence electrons. The Morgan fingerprint density at radius 1 is 1.37 bits per heavy atom. The minimum absolute atomic E-state index is 0.641. The van der Waals surface area contributed by atoms with E-state index in [-0.39, 0.29) is 0 Å². The van der Waals surface area contributed by atoms with E-state index in [1.807, 2.05) is 19.1 Å². The van der Waals surface area contributed by atoms with Gasteiger partial charge in [0.2, 0.25) is 4.96 Å². The largest absolute Gasteiger partial charge is 0.497 e. The van der Waals surface area contributed by atoms with Crippen molar-refractivity contribution < 1.29 is 4.74 Å². The summed E-state index contributed by atoms with van der Waals surface area (Å²) in [5.41, 5.74) is 7.56. The molecule has 3 aromatic rings. The smallest absolute Gasteiger partial charge is 0.234 e. The lowest BCUT2D eigenvalue weighted by Crippen LogP contribution is -1.95. The van der Waals surface area contributed by atoms with Crippen LogP contribution in [-0.2, 0) is 6.42 Å². The van der Waals surface area contributed by atoms with E-state index in [4.69, 9.17) is 10.5 Å². The summed E-state index contributed by atoms with van der Waals surface area (Å²) < 4.78 is 6.91. The van der Waals surface area contributed by atoms with Crippen LogP contribution in [0.1, 0.15) is 12.7 Å². The normalized spacial score (nSPS) is 11.1. The molecule has 3 rings (SSSR count). The van der Waals surface area contributed by atoms with E-state index in [0.29, 0.717) is 5.69 Å². The van der Waals surface area contributed by atoms with Crippen LogP contribution in [0.2, 0.25) is 0 Å². The van der Waals surface area contributed by atoms with Gasteiger partial charge in [-0.3, -0.25) is 0 Å². The minimum Gasteiger partial charge on any atom is -0.497 e. The number of anilines is 1. The molecule has 0 atom stereocenters. The van der Waals surface area contributed by atoms with Crippen molar-refractivity contribution >= 4 is 22.0 Å². The summed E-state index contributed by atoms with van der Waals surface area (Å²) in [5, 5.41) is 13.5. The molecule has 0 aliphatic rings. The number of hydrogen-bond acceptors (Lipinski definition) is 6. The summed E-state index contributed by atoms with van der Waals surface area (Å²) in [6.45, 7) is 2.03. The highest BCUT2D eigenvalue weighted by atomic mass is 32.1. The average molecular weight is 275 g/mol. The Hall–Kier alpha value is -2.15. The number of benzene rings is 1. The van der Waals surface area contributed by atoms with E-state index in [1.165, 1.54) is 11.3 Å². The molecule has 2 heterocycles. The maximum Gasteiger partial charge on any atom is 0.234 e. The molecule has 0 aliphatic carbocycles. The summed E-state index contributed by atoms with van der Waals surface area (Å²) in [5.74, 6) is 1.59. The van der Waals surface area contributed by atoms with Crippen molar-refractivity contribution in [1.82, 2.24) is 19.8 Å². The predicted molar refractivity (Wildman–Crippen MR) is 74.4 cm³/mol. The molecule has 0 amide bonds. The zero-order valence-corrected chi connectivity index (χ0v) is 11.4. The van der Waals surface area contributed by atoms with E-state index in [1.54, 1.807) is 17.7 Å². The number of methoxy groups -OCH3 is 1. The number of nitrogen functional groups attached to an aromatic ring is 1. The van der Waals surface area contributed by atoms with E-state index in [2.05, 4.69) is 15.3 Å². The van der Waals surface area contributed by atoms with Gasteiger partial charge in [-0.2, -0.15) is 9.61 Å². The summed E-state index contributed by atoms with van der Waals surface area (Å²) in [6, 6.07) is 5.57. The zero-order chi connectivity index (χ0) is 13.4. The Morgan fingerprint density at radius 3 is 2.89 bits per heavy atom. The van der Waals surface area contributed by atoms with Gasteiger partial charge in [0.05, 0.1) is 7.11 Å². The van der Waals surface area contributed by atoms with Crippen LogP contribution >= 0.6 is 11.3 Å². The highest BCUT2D eigenvalue weighted by Crippen LogP contribution is 2.32. The van der Waals surface area contributed by atoms with E-state index < -0.39 is 0 Å². The first-order valence-corrected chi connectivity index (χ1v) is 6.69. The van der Waals surface area contributed by atoms with Gasteiger partial charge in [0.25, 0.3) is 0 Å². The number of aromatic nitrogens is 4. The van der Waals surface area contributed by atoms with Crippen LogP contribution < -0.4 is 10.5 Å². The third kappa shape index (κ3) is 1.91. The standard InChI is InChI=1S/C12H13N5OS/c1-3-10-14-15-12-17(10)16-11(19-12)8-5-4-7(18-2)6-9(8)13/h4-6H,3,13H2,1-2H3. The summed E-state index contributed by atoms with van der Waals surface area (Å²) in [7, 11) is 1.62. The summed E-state index contributed by atoms with van der Waals surface area (Å²) in [6.07, 6.45) is 0.794. The lowest BCUT2D eigenvalue weighted by molar-refractivity contribution is 0.415. The lowest BCUT2D eigenvalue weighted by Gasteiger charge is -2.04. The maximum atomic E-state index is 6.03. The number of ether oxygens (including phenoxy) is 1. The van der Waals surface area contributed by atoms with Crippen LogP contribution in [0.15, 0.2) is 18.2 Å². The van der Waals surface area contributed by atoms with Gasteiger partial charge >= 0.3 is 0 Å². The van der Waals surface area contributed by atoms with Crippen molar-refractivity contribution in [3.05, 3.63) is 24.0 Å². The van der Waals surface area contributed by atoms with Gasteiger partial charge in [0.1, 0.15) is 10.8 Å². The molecule has 0 fully saturated rings. The van der Waals surface area contributed by atoms with Crippen molar-refractivity contribution in [3.8, 4) is 16.3 Å². The molecule has 0 unspecified atom stereocenters. The van der Waals surface area contributed by atoms with Crippen molar-refractivity contribution in [1.29, 1.82) is 0 Å². The molecule has 0 radical (unpaired) electrons. The van der Waals surface area contributed by atoms with Crippen LogP contribution in [0, 0.1) is 0 Å². The van der Waals surface area contributed by atoms with Crippen molar-refractivity contribution in [3.63, 3.8) is 0 Å². The first-order valence-electron chi connectivity index (χ1n) is 5.88. The fourth-order valence-electron chi connectivity index (χ4n) is 1.85. The van der Waals surface area contributed by atoms with Gasteiger partial charge < -0.3 is 10.5 Å². The number of nitrogens with zero attached hydrogens (tertiary/aromatic N) is 4. The Balaban J connectivity index is 2.11. The average Bonchev–Trinajstić information content (AvgIpc) is 2.98. The number of rotatable bonds is 3. The third-order valence-corrected chi connectivity index (χ3v) is 3.79. The molecule has 0 saturated carbocycles. The number of aryl methyl sites for hydroxylation is 1. The quantitative estimate of drug-likeness (QED) is 0.740. The fraction of sp³-hybridized carbons (Fsp3) is 0.250. The maximum absolute atomic E-state index is 6.03. The molecule has 19 heavy (non-hydrogen) atoms. The highest BCUT2D eigenvalue weighted by molar-refractivity contribution is 7.19. The Kier molecular flexibility index (Phi) is 2.83. The van der Waals surface area contributed by atoms with Gasteiger partial charge in [0, 0.05) is 23.7 Å². The van der Waals surface area contributed by atoms with Gasteiger partial charge in [-0.25, -0.2) is 0 Å². The van der Waals surface area contributed by atoms with Gasteiger partial charge in [0.15, 0.2) is 5.82 Å². The molecule has 0 saturated heterocycles. The van der Waals surface area contributed by atoms with Crippen LogP contribution in [-0.4, -0.2) is 26.9 Å². The second-order valence-electron chi connectivity index (χ2n) is 4.02. The summed E-state index contributed by atoms with van der Waals surface area (Å²) in [4.78, 5) is 0.780. The van der Waals surface area contributed by atoms with Gasteiger partial charge in [-0.15, -0.1) is 10.2 Å². The highest BCUT2D eigenvalue weighted by Gasteiger charge is 2.13. The Bertz CT molecular complexity index is 733. The first kappa shape index (κ1) is 11.9. The molecular weight excluding hydrogens is 262 g/mol.